The van der Waals surface area contributed by atoms with Crippen molar-refractivity contribution in [2.24, 2.45) is 5.16 Å². The Labute approximate surface area is 85.7 Å². The second-order valence-electron chi connectivity index (χ2n) is 2.46. The zero-order valence-electron chi connectivity index (χ0n) is 7.40. The molecule has 74 valence electrons. The molecule has 1 aromatic carbocycles. The number of carbonyl (C=O) groups excluding carboxylic acids is 1. The molecule has 0 bridgehead atoms. The number of hydrogen-bond acceptors (Lipinski definition) is 4. The minimum atomic E-state index is -0.423. The molecule has 0 aliphatic heterocycles. The maximum atomic E-state index is 11.0. The van der Waals surface area contributed by atoms with Gasteiger partial charge in [-0.05, 0) is 12.1 Å². The first kappa shape index (κ1) is 10.5. The summed E-state index contributed by atoms with van der Waals surface area (Å²) in [5.74, 6) is -0.423. The molecule has 14 heavy (non-hydrogen) atoms. The van der Waals surface area contributed by atoms with Crippen molar-refractivity contribution in [1.82, 2.24) is 0 Å². The Morgan fingerprint density at radius 1 is 1.36 bits per heavy atom. The summed E-state index contributed by atoms with van der Waals surface area (Å²) in [6, 6.07) is 6.20. The van der Waals surface area contributed by atoms with Gasteiger partial charge >= 0.3 is 5.97 Å². The van der Waals surface area contributed by atoms with Crippen molar-refractivity contribution in [3.63, 3.8) is 0 Å². The first-order valence-electron chi connectivity index (χ1n) is 3.75. The first-order valence-corrected chi connectivity index (χ1v) is 4.13. The van der Waals surface area contributed by atoms with Gasteiger partial charge in [-0.15, -0.1) is 0 Å². The summed E-state index contributed by atoms with van der Waals surface area (Å²) in [5.41, 5.74) is 0.945. The largest absolute Gasteiger partial charge is 0.465 e. The van der Waals surface area contributed by atoms with Gasteiger partial charge in [0.2, 0.25) is 0 Å². The Balaban J connectivity index is 2.95. The van der Waals surface area contributed by atoms with Crippen LogP contribution in [0.25, 0.3) is 0 Å². The second kappa shape index (κ2) is 4.62. The molecule has 0 radical (unpaired) electrons. The molecule has 1 rings (SSSR count). The molecule has 0 amide bonds. The van der Waals surface area contributed by atoms with Gasteiger partial charge in [-0.3, -0.25) is 0 Å². The van der Waals surface area contributed by atoms with Gasteiger partial charge < -0.3 is 9.94 Å². The molecular weight excluding hydrogens is 206 g/mol. The highest BCUT2D eigenvalue weighted by Gasteiger charge is 2.05. The number of halogens is 1. The van der Waals surface area contributed by atoms with Crippen LogP contribution in [0, 0.1) is 0 Å². The third-order valence-corrected chi connectivity index (χ3v) is 1.93. The van der Waals surface area contributed by atoms with Gasteiger partial charge in [0.15, 0.2) is 5.17 Å². The Kier molecular flexibility index (Phi) is 3.48. The monoisotopic (exact) mass is 213 g/mol. The zero-order valence-corrected chi connectivity index (χ0v) is 8.15. The van der Waals surface area contributed by atoms with Crippen LogP contribution < -0.4 is 0 Å². The summed E-state index contributed by atoms with van der Waals surface area (Å²) in [7, 11) is 1.30. The maximum Gasteiger partial charge on any atom is 0.337 e. The Bertz CT molecular complexity index is 359. The fourth-order valence-corrected chi connectivity index (χ4v) is 1.05. The molecule has 1 aromatic rings. The number of rotatable bonds is 2. The highest BCUT2D eigenvalue weighted by molar-refractivity contribution is 6.69. The predicted octanol–water partition coefficient (Wildman–Crippen LogP) is 1.85. The average molecular weight is 214 g/mol. The van der Waals surface area contributed by atoms with Gasteiger partial charge in [0, 0.05) is 5.56 Å². The van der Waals surface area contributed by atoms with E-state index in [1.807, 2.05) is 0 Å². The molecule has 0 saturated carbocycles. The summed E-state index contributed by atoms with van der Waals surface area (Å²) >= 11 is 5.54. The van der Waals surface area contributed by atoms with E-state index in [1.165, 1.54) is 19.2 Å². The van der Waals surface area contributed by atoms with Crippen LogP contribution in [0.15, 0.2) is 29.4 Å². The van der Waals surface area contributed by atoms with Crippen LogP contribution in [0.4, 0.5) is 0 Å². The second-order valence-corrected chi connectivity index (χ2v) is 2.82. The lowest BCUT2D eigenvalue weighted by Gasteiger charge is -1.99. The quantitative estimate of drug-likeness (QED) is 0.353. The first-order chi connectivity index (χ1) is 6.69. The number of methoxy groups -OCH3 is 1. The molecule has 1 N–H and O–H groups in total. The van der Waals surface area contributed by atoms with Gasteiger partial charge in [-0.2, -0.15) is 0 Å². The van der Waals surface area contributed by atoms with Crippen molar-refractivity contribution in [2.45, 2.75) is 0 Å². The summed E-state index contributed by atoms with van der Waals surface area (Å²) in [6.07, 6.45) is 0. The summed E-state index contributed by atoms with van der Waals surface area (Å²) in [6.45, 7) is 0. The van der Waals surface area contributed by atoms with Crippen LogP contribution in [-0.2, 0) is 4.74 Å². The highest BCUT2D eigenvalue weighted by Crippen LogP contribution is 2.08. The number of hydrogen-bond donors (Lipinski definition) is 1. The van der Waals surface area contributed by atoms with Crippen LogP contribution >= 0.6 is 11.6 Å². The molecule has 0 spiro atoms. The molecule has 0 atom stereocenters. The van der Waals surface area contributed by atoms with Gasteiger partial charge in [0.25, 0.3) is 0 Å². The standard InChI is InChI=1S/C9H8ClNO3/c1-14-9(12)7-4-2-6(3-5-7)8(10)11-13/h2-5,13H,1H3/b11-8-. The number of ether oxygens (including phenoxy) is 1. The van der Waals surface area contributed by atoms with Gasteiger partial charge in [-0.25, -0.2) is 4.79 Å². The van der Waals surface area contributed by atoms with Gasteiger partial charge in [0.05, 0.1) is 12.7 Å². The van der Waals surface area contributed by atoms with Crippen LogP contribution in [0.2, 0.25) is 0 Å². The van der Waals surface area contributed by atoms with Crippen molar-refractivity contribution in [1.29, 1.82) is 0 Å². The smallest absolute Gasteiger partial charge is 0.337 e. The van der Waals surface area contributed by atoms with E-state index in [0.717, 1.165) is 0 Å². The fourth-order valence-electron chi connectivity index (χ4n) is 0.919. The van der Waals surface area contributed by atoms with E-state index < -0.39 is 5.97 Å². The van der Waals surface area contributed by atoms with Crippen LogP contribution in [0.3, 0.4) is 0 Å². The van der Waals surface area contributed by atoms with E-state index in [1.54, 1.807) is 12.1 Å². The van der Waals surface area contributed by atoms with Crippen molar-refractivity contribution in [2.75, 3.05) is 7.11 Å². The lowest BCUT2D eigenvalue weighted by molar-refractivity contribution is 0.0601. The lowest BCUT2D eigenvalue weighted by atomic mass is 10.1. The van der Waals surface area contributed by atoms with E-state index in [4.69, 9.17) is 16.8 Å². The molecule has 0 aliphatic rings. The molecule has 4 nitrogen and oxygen atoms in total. The molecule has 0 unspecified atom stereocenters. The Morgan fingerprint density at radius 2 is 1.86 bits per heavy atom. The van der Waals surface area contributed by atoms with Crippen LogP contribution in [0.5, 0.6) is 0 Å². The highest BCUT2D eigenvalue weighted by atomic mass is 35.5. The molecule has 0 fully saturated rings. The average Bonchev–Trinajstić information content (AvgIpc) is 2.27. The van der Waals surface area contributed by atoms with E-state index in [2.05, 4.69) is 9.89 Å². The summed E-state index contributed by atoms with van der Waals surface area (Å²) < 4.78 is 4.51. The van der Waals surface area contributed by atoms with E-state index in [-0.39, 0.29) is 5.17 Å². The SMILES string of the molecule is COC(=O)c1ccc(/C(Cl)=N/O)cc1. The van der Waals surface area contributed by atoms with Crippen molar-refractivity contribution in [3.05, 3.63) is 35.4 Å². The number of nitrogens with zero attached hydrogens (tertiary/aromatic N) is 1. The minimum Gasteiger partial charge on any atom is -0.465 e. The Hall–Kier alpha value is -1.55. The number of carbonyl (C=O) groups is 1. The lowest BCUT2D eigenvalue weighted by Crippen LogP contribution is -2.01. The molecule has 5 heteroatoms. The molecular formula is C9H8ClNO3. The van der Waals surface area contributed by atoms with E-state index in [9.17, 15) is 4.79 Å². The normalized spacial score (nSPS) is 11.1. The van der Waals surface area contributed by atoms with Gasteiger partial charge in [-0.1, -0.05) is 28.9 Å². The van der Waals surface area contributed by atoms with Crippen LogP contribution in [0.1, 0.15) is 15.9 Å². The molecule has 0 aliphatic carbocycles. The Morgan fingerprint density at radius 3 is 2.29 bits per heavy atom. The van der Waals surface area contributed by atoms with Crippen molar-refractivity contribution in [3.8, 4) is 0 Å². The molecule has 0 aromatic heterocycles. The third kappa shape index (κ3) is 2.23. The topological polar surface area (TPSA) is 58.9 Å². The van der Waals surface area contributed by atoms with E-state index in [0.29, 0.717) is 11.1 Å². The molecule has 0 heterocycles. The predicted molar refractivity (Wildman–Crippen MR) is 52.0 cm³/mol. The van der Waals surface area contributed by atoms with Crippen molar-refractivity contribution >= 4 is 22.7 Å². The maximum absolute atomic E-state index is 11.0. The molecule has 0 saturated heterocycles. The zero-order chi connectivity index (χ0) is 10.6. The minimum absolute atomic E-state index is 0.0265. The number of benzene rings is 1. The van der Waals surface area contributed by atoms with Crippen molar-refractivity contribution < 1.29 is 14.7 Å². The third-order valence-electron chi connectivity index (χ3n) is 1.63. The van der Waals surface area contributed by atoms with Gasteiger partial charge in [0.1, 0.15) is 0 Å². The number of esters is 1. The van der Waals surface area contributed by atoms with E-state index >= 15 is 0 Å². The fraction of sp³-hybridized carbons (Fsp3) is 0.111. The van der Waals surface area contributed by atoms with Crippen LogP contribution in [-0.4, -0.2) is 23.5 Å². The number of oxime groups is 1. The summed E-state index contributed by atoms with van der Waals surface area (Å²) in [5, 5.41) is 11.2. The summed E-state index contributed by atoms with van der Waals surface area (Å²) in [4.78, 5) is 11.0.